The van der Waals surface area contributed by atoms with Crippen molar-refractivity contribution in [2.45, 2.75) is 12.5 Å². The molecule has 5 rings (SSSR count). The molecule has 1 atom stereocenters. The topological polar surface area (TPSA) is 147 Å². The fourth-order valence-electron chi connectivity index (χ4n) is 4.52. The van der Waals surface area contributed by atoms with Gasteiger partial charge in [-0.2, -0.15) is 5.10 Å². The SMILES string of the molecule is COc1cnc2c(=O)n(-c3ccc(Cl)c4c(NS(C)(=O)=O)nn(C)c34)c(C(N)Cc3cc(F)cc(F)c3)nc2c1. The second-order valence-corrected chi connectivity index (χ2v) is 11.2. The molecule has 2 aromatic carbocycles. The van der Waals surface area contributed by atoms with Crippen LogP contribution < -0.4 is 20.8 Å². The molecule has 0 fully saturated rings. The molecule has 5 aromatic rings. The van der Waals surface area contributed by atoms with E-state index in [2.05, 4.69) is 19.8 Å². The maximum atomic E-state index is 14.0. The minimum atomic E-state index is -3.72. The number of halogens is 3. The molecular weight excluding hydrogens is 568 g/mol. The molecule has 0 bridgehead atoms. The Hall–Kier alpha value is -4.14. The van der Waals surface area contributed by atoms with Crippen molar-refractivity contribution in [3.05, 3.63) is 81.0 Å². The van der Waals surface area contributed by atoms with Crippen LogP contribution >= 0.6 is 11.6 Å². The van der Waals surface area contributed by atoms with Gasteiger partial charge in [-0.3, -0.25) is 18.8 Å². The Bertz CT molecular complexity index is 1960. The molecule has 0 radical (unpaired) electrons. The summed E-state index contributed by atoms with van der Waals surface area (Å²) >= 11 is 6.46. The highest BCUT2D eigenvalue weighted by atomic mass is 35.5. The first-order chi connectivity index (χ1) is 18.9. The monoisotopic (exact) mass is 589 g/mol. The minimum Gasteiger partial charge on any atom is -0.495 e. The summed E-state index contributed by atoms with van der Waals surface area (Å²) in [6, 6.07) is 6.52. The number of benzene rings is 2. The van der Waals surface area contributed by atoms with Crippen LogP contribution in [0, 0.1) is 11.6 Å². The van der Waals surface area contributed by atoms with Crippen molar-refractivity contribution in [2.24, 2.45) is 12.8 Å². The van der Waals surface area contributed by atoms with E-state index in [1.807, 2.05) is 0 Å². The third kappa shape index (κ3) is 5.08. The molecule has 0 amide bonds. The molecule has 40 heavy (non-hydrogen) atoms. The lowest BCUT2D eigenvalue weighted by Crippen LogP contribution is -2.30. The fourth-order valence-corrected chi connectivity index (χ4v) is 5.26. The molecular formula is C25H22ClF2N7O4S. The van der Waals surface area contributed by atoms with E-state index in [9.17, 15) is 22.0 Å². The zero-order chi connectivity index (χ0) is 28.9. The van der Waals surface area contributed by atoms with Crippen LogP contribution in [0.1, 0.15) is 17.4 Å². The number of nitrogens with one attached hydrogen (secondary N) is 1. The van der Waals surface area contributed by atoms with Crippen LogP contribution in [0.15, 0.2) is 47.4 Å². The zero-order valence-corrected chi connectivity index (χ0v) is 22.9. The normalized spacial score (nSPS) is 12.7. The predicted molar refractivity (Wildman–Crippen MR) is 146 cm³/mol. The highest BCUT2D eigenvalue weighted by molar-refractivity contribution is 7.92. The molecule has 3 aromatic heterocycles. The molecule has 0 spiro atoms. The number of hydrogen-bond acceptors (Lipinski definition) is 8. The largest absolute Gasteiger partial charge is 0.495 e. The molecule has 1 unspecified atom stereocenters. The lowest BCUT2D eigenvalue weighted by atomic mass is 10.0. The first-order valence-electron chi connectivity index (χ1n) is 11.7. The summed E-state index contributed by atoms with van der Waals surface area (Å²) in [5.41, 5.74) is 6.88. The first kappa shape index (κ1) is 27.4. The van der Waals surface area contributed by atoms with E-state index in [1.165, 1.54) is 40.8 Å². The predicted octanol–water partition coefficient (Wildman–Crippen LogP) is 3.22. The van der Waals surface area contributed by atoms with Gasteiger partial charge in [0.25, 0.3) is 5.56 Å². The number of nitrogens with zero attached hydrogens (tertiary/aromatic N) is 5. The van der Waals surface area contributed by atoms with E-state index < -0.39 is 33.3 Å². The van der Waals surface area contributed by atoms with Crippen molar-refractivity contribution in [3.63, 3.8) is 0 Å². The smallest absolute Gasteiger partial charge is 0.284 e. The summed E-state index contributed by atoms with van der Waals surface area (Å²) in [7, 11) is -0.741. The third-order valence-electron chi connectivity index (χ3n) is 6.10. The number of hydrogen-bond donors (Lipinski definition) is 2. The molecule has 0 aliphatic heterocycles. The average molecular weight is 590 g/mol. The second kappa shape index (κ2) is 10.1. The summed E-state index contributed by atoms with van der Waals surface area (Å²) in [5, 5.41) is 4.66. The van der Waals surface area contributed by atoms with E-state index in [0.29, 0.717) is 11.3 Å². The summed E-state index contributed by atoms with van der Waals surface area (Å²) < 4.78 is 61.9. The Morgan fingerprint density at radius 2 is 1.88 bits per heavy atom. The van der Waals surface area contributed by atoms with Gasteiger partial charge in [0.05, 0.1) is 47.2 Å². The van der Waals surface area contributed by atoms with Gasteiger partial charge >= 0.3 is 0 Å². The Morgan fingerprint density at radius 3 is 2.52 bits per heavy atom. The summed E-state index contributed by atoms with van der Waals surface area (Å²) in [6.45, 7) is 0. The zero-order valence-electron chi connectivity index (χ0n) is 21.3. The molecule has 208 valence electrons. The quantitative estimate of drug-likeness (QED) is 0.294. The summed E-state index contributed by atoms with van der Waals surface area (Å²) in [6.07, 6.45) is 2.25. The second-order valence-electron chi connectivity index (χ2n) is 9.08. The number of aromatic nitrogens is 5. The van der Waals surface area contributed by atoms with Crippen LogP contribution in [0.4, 0.5) is 14.6 Å². The van der Waals surface area contributed by atoms with Gasteiger partial charge in [-0.25, -0.2) is 27.2 Å². The van der Waals surface area contributed by atoms with E-state index in [0.717, 1.165) is 24.5 Å². The molecule has 0 aliphatic rings. The van der Waals surface area contributed by atoms with Gasteiger partial charge in [-0.05, 0) is 36.2 Å². The van der Waals surface area contributed by atoms with Gasteiger partial charge in [0, 0.05) is 19.2 Å². The maximum absolute atomic E-state index is 14.0. The number of sulfonamides is 1. The van der Waals surface area contributed by atoms with Crippen molar-refractivity contribution < 1.29 is 21.9 Å². The molecule has 0 saturated heterocycles. The molecule has 11 nitrogen and oxygen atoms in total. The Kier molecular flexibility index (Phi) is 6.94. The highest BCUT2D eigenvalue weighted by Crippen LogP contribution is 2.35. The number of nitrogens with two attached hydrogens (primary N) is 1. The summed E-state index contributed by atoms with van der Waals surface area (Å²) in [5.74, 6) is -1.21. The Labute approximate surface area is 231 Å². The molecule has 3 N–H and O–H groups in total. The molecule has 0 saturated carbocycles. The van der Waals surface area contributed by atoms with Gasteiger partial charge in [0.1, 0.15) is 28.7 Å². The number of aryl methyl sites for hydroxylation is 1. The Balaban J connectivity index is 1.81. The van der Waals surface area contributed by atoms with Crippen molar-refractivity contribution in [1.82, 2.24) is 24.3 Å². The van der Waals surface area contributed by atoms with Crippen molar-refractivity contribution >= 4 is 49.4 Å². The number of pyridine rings is 1. The van der Waals surface area contributed by atoms with E-state index >= 15 is 0 Å². The van der Waals surface area contributed by atoms with Crippen LogP contribution in [-0.2, 0) is 23.5 Å². The minimum absolute atomic E-state index is 0.00620. The maximum Gasteiger partial charge on any atom is 0.284 e. The van der Waals surface area contributed by atoms with E-state index in [-0.39, 0.29) is 50.8 Å². The van der Waals surface area contributed by atoms with Crippen LogP contribution in [0.3, 0.4) is 0 Å². The molecule has 15 heteroatoms. The number of methoxy groups -OCH3 is 1. The third-order valence-corrected chi connectivity index (χ3v) is 6.98. The lowest BCUT2D eigenvalue weighted by molar-refractivity contribution is 0.413. The number of anilines is 1. The average Bonchev–Trinajstić information content (AvgIpc) is 3.18. The van der Waals surface area contributed by atoms with Crippen LogP contribution in [0.2, 0.25) is 5.02 Å². The lowest BCUT2D eigenvalue weighted by Gasteiger charge is -2.20. The number of ether oxygens (including phenoxy) is 1. The van der Waals surface area contributed by atoms with Crippen LogP contribution in [-0.4, -0.2) is 46.1 Å². The fraction of sp³-hybridized carbons (Fsp3) is 0.200. The van der Waals surface area contributed by atoms with Gasteiger partial charge in [0.2, 0.25) is 10.0 Å². The first-order valence-corrected chi connectivity index (χ1v) is 13.9. The van der Waals surface area contributed by atoms with Crippen molar-refractivity contribution in [3.8, 4) is 11.4 Å². The number of fused-ring (bicyclic) bond motifs is 2. The van der Waals surface area contributed by atoms with Crippen LogP contribution in [0.5, 0.6) is 5.75 Å². The standard InChI is InChI=1S/C25H22ClF2N7O4S/c1-34-22-19(5-4-16(26)20(22)23(32-34)33-40(3,37)38)35-24(17(29)8-12-6-13(27)9-14(28)7-12)31-18-10-15(39-2)11-30-21(18)25(35)36/h4-7,9-11,17H,8,29H2,1-3H3,(H,32,33). The highest BCUT2D eigenvalue weighted by Gasteiger charge is 2.25. The van der Waals surface area contributed by atoms with Gasteiger partial charge in [-0.1, -0.05) is 11.6 Å². The van der Waals surface area contributed by atoms with Gasteiger partial charge in [0.15, 0.2) is 11.3 Å². The summed E-state index contributed by atoms with van der Waals surface area (Å²) in [4.78, 5) is 22.8. The van der Waals surface area contributed by atoms with Gasteiger partial charge in [-0.15, -0.1) is 0 Å². The van der Waals surface area contributed by atoms with Crippen LogP contribution in [0.25, 0.3) is 27.6 Å². The molecule has 0 aliphatic carbocycles. The van der Waals surface area contributed by atoms with Gasteiger partial charge < -0.3 is 10.5 Å². The van der Waals surface area contributed by atoms with E-state index in [1.54, 1.807) is 7.05 Å². The number of rotatable bonds is 7. The van der Waals surface area contributed by atoms with Crippen molar-refractivity contribution in [2.75, 3.05) is 18.1 Å². The Morgan fingerprint density at radius 1 is 1.18 bits per heavy atom. The molecule has 3 heterocycles. The van der Waals surface area contributed by atoms with E-state index in [4.69, 9.17) is 22.1 Å². The van der Waals surface area contributed by atoms with Crippen molar-refractivity contribution in [1.29, 1.82) is 0 Å².